The smallest absolute Gasteiger partial charge is 0.220 e. The fourth-order valence-corrected chi connectivity index (χ4v) is 3.66. The van der Waals surface area contributed by atoms with E-state index in [1.807, 2.05) is 0 Å². The molecule has 4 nitrogen and oxygen atoms in total. The van der Waals surface area contributed by atoms with Crippen LogP contribution < -0.4 is 10.6 Å². The van der Waals surface area contributed by atoms with Crippen LogP contribution in [-0.2, 0) is 9.59 Å². The topological polar surface area (TPSA) is 58.2 Å². The largest absolute Gasteiger partial charge is 0.353 e. The third kappa shape index (κ3) is 6.80. The maximum Gasteiger partial charge on any atom is 0.220 e. The summed E-state index contributed by atoms with van der Waals surface area (Å²) in [6.07, 6.45) is 15.4. The SMILES string of the molecule is O=C1CCCCC(CCCCCCC2CCCCC(=O)N2)N1. The number of nitrogens with one attached hydrogen (secondary N) is 2. The van der Waals surface area contributed by atoms with Gasteiger partial charge in [-0.3, -0.25) is 9.59 Å². The summed E-state index contributed by atoms with van der Waals surface area (Å²) in [5.74, 6) is 0.484. The Morgan fingerprint density at radius 2 is 1.14 bits per heavy atom. The van der Waals surface area contributed by atoms with Crippen molar-refractivity contribution in [1.82, 2.24) is 10.6 Å². The van der Waals surface area contributed by atoms with Crippen LogP contribution in [0.1, 0.15) is 89.9 Å². The van der Waals surface area contributed by atoms with Crippen LogP contribution >= 0.6 is 0 Å². The molecular formula is C18H32N2O2. The number of rotatable bonds is 7. The summed E-state index contributed by atoms with van der Waals surface area (Å²) in [4.78, 5) is 23.0. The second-order valence-electron chi connectivity index (χ2n) is 7.01. The van der Waals surface area contributed by atoms with Crippen LogP contribution in [0.25, 0.3) is 0 Å². The zero-order valence-corrected chi connectivity index (χ0v) is 13.9. The molecule has 0 saturated carbocycles. The van der Waals surface area contributed by atoms with Crippen LogP contribution in [0.3, 0.4) is 0 Å². The van der Waals surface area contributed by atoms with Crippen molar-refractivity contribution in [2.75, 3.05) is 0 Å². The first-order chi connectivity index (χ1) is 10.7. The first-order valence-electron chi connectivity index (χ1n) is 9.33. The van der Waals surface area contributed by atoms with E-state index in [-0.39, 0.29) is 11.8 Å². The van der Waals surface area contributed by atoms with Gasteiger partial charge in [0.05, 0.1) is 0 Å². The third-order valence-corrected chi connectivity index (χ3v) is 5.00. The minimum Gasteiger partial charge on any atom is -0.353 e. The van der Waals surface area contributed by atoms with E-state index < -0.39 is 0 Å². The predicted molar refractivity (Wildman–Crippen MR) is 88.5 cm³/mol. The molecule has 2 aliphatic heterocycles. The number of amides is 2. The molecule has 126 valence electrons. The minimum atomic E-state index is 0.242. The van der Waals surface area contributed by atoms with Crippen LogP contribution in [0.5, 0.6) is 0 Å². The van der Waals surface area contributed by atoms with Crippen LogP contribution in [0, 0.1) is 0 Å². The van der Waals surface area contributed by atoms with Crippen molar-refractivity contribution in [2.45, 2.75) is 102 Å². The lowest BCUT2D eigenvalue weighted by Crippen LogP contribution is -2.32. The van der Waals surface area contributed by atoms with E-state index in [0.29, 0.717) is 24.9 Å². The molecule has 0 aliphatic carbocycles. The van der Waals surface area contributed by atoms with Crippen molar-refractivity contribution in [3.05, 3.63) is 0 Å². The van der Waals surface area contributed by atoms with E-state index in [2.05, 4.69) is 10.6 Å². The molecule has 2 amide bonds. The lowest BCUT2D eigenvalue weighted by molar-refractivity contribution is -0.122. The summed E-state index contributed by atoms with van der Waals surface area (Å²) >= 11 is 0. The summed E-state index contributed by atoms with van der Waals surface area (Å²) in [5, 5.41) is 6.29. The van der Waals surface area contributed by atoms with Crippen molar-refractivity contribution in [1.29, 1.82) is 0 Å². The summed E-state index contributed by atoms with van der Waals surface area (Å²) in [5.41, 5.74) is 0. The quantitative estimate of drug-likeness (QED) is 0.708. The number of hydrogen-bond acceptors (Lipinski definition) is 2. The van der Waals surface area contributed by atoms with Gasteiger partial charge in [-0.25, -0.2) is 0 Å². The van der Waals surface area contributed by atoms with Crippen molar-refractivity contribution >= 4 is 11.8 Å². The molecule has 0 spiro atoms. The molecule has 0 aromatic heterocycles. The van der Waals surface area contributed by atoms with E-state index in [1.165, 1.54) is 38.5 Å². The van der Waals surface area contributed by atoms with Crippen molar-refractivity contribution < 1.29 is 9.59 Å². The highest BCUT2D eigenvalue weighted by molar-refractivity contribution is 5.76. The second kappa shape index (κ2) is 9.86. The predicted octanol–water partition coefficient (Wildman–Crippen LogP) is 3.44. The van der Waals surface area contributed by atoms with Gasteiger partial charge in [0.1, 0.15) is 0 Å². The van der Waals surface area contributed by atoms with Crippen molar-refractivity contribution in [2.24, 2.45) is 0 Å². The zero-order chi connectivity index (χ0) is 15.6. The van der Waals surface area contributed by atoms with Gasteiger partial charge in [-0.05, 0) is 38.5 Å². The maximum atomic E-state index is 11.5. The zero-order valence-electron chi connectivity index (χ0n) is 13.9. The molecule has 2 unspecified atom stereocenters. The van der Waals surface area contributed by atoms with Gasteiger partial charge < -0.3 is 10.6 Å². The van der Waals surface area contributed by atoms with E-state index >= 15 is 0 Å². The van der Waals surface area contributed by atoms with Crippen molar-refractivity contribution in [3.63, 3.8) is 0 Å². The monoisotopic (exact) mass is 308 g/mol. The summed E-state index contributed by atoms with van der Waals surface area (Å²) < 4.78 is 0. The van der Waals surface area contributed by atoms with Gasteiger partial charge in [-0.15, -0.1) is 0 Å². The lowest BCUT2D eigenvalue weighted by atomic mass is 10.0. The fraction of sp³-hybridized carbons (Fsp3) is 0.889. The molecule has 2 N–H and O–H groups in total. The number of carbonyl (C=O) groups is 2. The van der Waals surface area contributed by atoms with Gasteiger partial charge in [0.2, 0.25) is 11.8 Å². The molecule has 2 aliphatic rings. The molecule has 2 saturated heterocycles. The molecule has 22 heavy (non-hydrogen) atoms. The molecular weight excluding hydrogens is 276 g/mol. The molecule has 0 aromatic carbocycles. The molecule has 2 atom stereocenters. The van der Waals surface area contributed by atoms with Gasteiger partial charge in [-0.2, -0.15) is 0 Å². The van der Waals surface area contributed by atoms with Crippen LogP contribution in [-0.4, -0.2) is 23.9 Å². The Bertz CT molecular complexity index is 323. The van der Waals surface area contributed by atoms with E-state index in [0.717, 1.165) is 38.5 Å². The van der Waals surface area contributed by atoms with Crippen LogP contribution in [0.4, 0.5) is 0 Å². The van der Waals surface area contributed by atoms with Crippen LogP contribution in [0.2, 0.25) is 0 Å². The molecule has 0 bridgehead atoms. The first-order valence-corrected chi connectivity index (χ1v) is 9.33. The highest BCUT2D eigenvalue weighted by Gasteiger charge is 2.17. The Balaban J connectivity index is 1.50. The fourth-order valence-electron chi connectivity index (χ4n) is 3.66. The molecule has 2 rings (SSSR count). The van der Waals surface area contributed by atoms with E-state index in [9.17, 15) is 9.59 Å². The molecule has 4 heteroatoms. The number of hydrogen-bond donors (Lipinski definition) is 2. The first kappa shape index (κ1) is 17.3. The van der Waals surface area contributed by atoms with Gasteiger partial charge in [-0.1, -0.05) is 38.5 Å². The molecule has 2 fully saturated rings. The average Bonchev–Trinajstić information content (AvgIpc) is 2.82. The van der Waals surface area contributed by atoms with Crippen LogP contribution in [0.15, 0.2) is 0 Å². The van der Waals surface area contributed by atoms with Gasteiger partial charge in [0.15, 0.2) is 0 Å². The Kier molecular flexibility index (Phi) is 7.75. The molecule has 0 aromatic rings. The normalized spacial score (nSPS) is 26.7. The Morgan fingerprint density at radius 3 is 1.59 bits per heavy atom. The lowest BCUT2D eigenvalue weighted by Gasteiger charge is -2.16. The minimum absolute atomic E-state index is 0.242. The summed E-state index contributed by atoms with van der Waals surface area (Å²) in [7, 11) is 0. The standard InChI is InChI=1S/C18H32N2O2/c21-17-13-7-5-11-15(19-17)9-3-1-2-4-10-16-12-6-8-14-18(22)20-16/h15-16H,1-14H2,(H,19,21)(H,20,22). The Hall–Kier alpha value is -1.06. The molecule has 2 heterocycles. The maximum absolute atomic E-state index is 11.5. The highest BCUT2D eigenvalue weighted by atomic mass is 16.2. The third-order valence-electron chi connectivity index (χ3n) is 5.00. The summed E-state index contributed by atoms with van der Waals surface area (Å²) in [6, 6.07) is 0.826. The van der Waals surface area contributed by atoms with E-state index in [1.54, 1.807) is 0 Å². The van der Waals surface area contributed by atoms with Crippen molar-refractivity contribution in [3.8, 4) is 0 Å². The number of unbranched alkanes of at least 4 members (excludes halogenated alkanes) is 3. The Morgan fingerprint density at radius 1 is 0.682 bits per heavy atom. The second-order valence-corrected chi connectivity index (χ2v) is 7.01. The van der Waals surface area contributed by atoms with Gasteiger partial charge in [0.25, 0.3) is 0 Å². The Labute approximate surface area is 134 Å². The highest BCUT2D eigenvalue weighted by Crippen LogP contribution is 2.17. The average molecular weight is 308 g/mol. The van der Waals surface area contributed by atoms with Gasteiger partial charge in [0, 0.05) is 24.9 Å². The number of carbonyl (C=O) groups excluding carboxylic acids is 2. The van der Waals surface area contributed by atoms with Gasteiger partial charge >= 0.3 is 0 Å². The molecule has 0 radical (unpaired) electrons. The summed E-state index contributed by atoms with van der Waals surface area (Å²) in [6.45, 7) is 0. The van der Waals surface area contributed by atoms with E-state index in [4.69, 9.17) is 0 Å².